The molecule has 2 aromatic rings. The van der Waals surface area contributed by atoms with Crippen LogP contribution in [0.4, 0.5) is 32.0 Å². The number of rotatable bonds is 3. The first kappa shape index (κ1) is 20.7. The van der Waals surface area contributed by atoms with E-state index < -0.39 is 52.7 Å². The lowest BCUT2D eigenvalue weighted by Crippen LogP contribution is -2.37. The molecule has 1 aliphatic heterocycles. The highest BCUT2D eigenvalue weighted by atomic mass is 19.4. The second-order valence-electron chi connectivity index (χ2n) is 6.64. The fourth-order valence-corrected chi connectivity index (χ4v) is 3.31. The Kier molecular flexibility index (Phi) is 5.29. The van der Waals surface area contributed by atoms with Crippen molar-refractivity contribution in [1.29, 1.82) is 0 Å². The Balaban J connectivity index is 1.93. The number of anilines is 1. The highest BCUT2D eigenvalue weighted by Gasteiger charge is 2.44. The van der Waals surface area contributed by atoms with E-state index in [1.165, 1.54) is 6.92 Å². The van der Waals surface area contributed by atoms with Crippen molar-refractivity contribution in [2.24, 2.45) is 0 Å². The van der Waals surface area contributed by atoms with Crippen molar-refractivity contribution >= 4 is 17.3 Å². The van der Waals surface area contributed by atoms with Crippen molar-refractivity contribution in [3.63, 3.8) is 0 Å². The fraction of sp³-hybridized carbons (Fsp3) is 0.263. The van der Waals surface area contributed by atoms with E-state index in [1.807, 2.05) is 0 Å². The van der Waals surface area contributed by atoms with Crippen LogP contribution < -0.4 is 5.32 Å². The van der Waals surface area contributed by atoms with Gasteiger partial charge in [-0.05, 0) is 29.8 Å². The van der Waals surface area contributed by atoms with Crippen molar-refractivity contribution in [3.8, 4) is 0 Å². The van der Waals surface area contributed by atoms with E-state index in [0.29, 0.717) is 16.9 Å². The summed E-state index contributed by atoms with van der Waals surface area (Å²) in [5, 5.41) is 14.5. The molecule has 0 fully saturated rings. The molecule has 0 aromatic heterocycles. The SMILES string of the molecule is CC1=[N+]([O-])[C@H](C(=O)Nc2cccc(F)c2F)[C@@H](c2ccc(C(F)(F)F)c(F)c2)C1. The van der Waals surface area contributed by atoms with Gasteiger partial charge in [0.25, 0.3) is 5.91 Å². The molecule has 0 spiro atoms. The molecule has 0 saturated carbocycles. The maximum Gasteiger partial charge on any atom is 0.419 e. The zero-order valence-corrected chi connectivity index (χ0v) is 14.9. The zero-order valence-electron chi connectivity index (χ0n) is 14.9. The summed E-state index contributed by atoms with van der Waals surface area (Å²) in [5.74, 6) is -6.04. The molecule has 1 N–H and O–H groups in total. The second-order valence-corrected chi connectivity index (χ2v) is 6.64. The quantitative estimate of drug-likeness (QED) is 0.452. The van der Waals surface area contributed by atoms with Gasteiger partial charge in [-0.1, -0.05) is 12.1 Å². The molecule has 4 nitrogen and oxygen atoms in total. The normalized spacial score (nSPS) is 19.6. The number of hydrogen-bond acceptors (Lipinski definition) is 2. The third kappa shape index (κ3) is 3.92. The number of nitrogens with zero attached hydrogens (tertiary/aromatic N) is 1. The minimum Gasteiger partial charge on any atom is -0.623 e. The van der Waals surface area contributed by atoms with Gasteiger partial charge in [-0.3, -0.25) is 4.79 Å². The zero-order chi connectivity index (χ0) is 21.5. The van der Waals surface area contributed by atoms with Crippen LogP contribution in [0.15, 0.2) is 36.4 Å². The van der Waals surface area contributed by atoms with Gasteiger partial charge in [0, 0.05) is 13.3 Å². The van der Waals surface area contributed by atoms with Crippen molar-refractivity contribution in [2.45, 2.75) is 31.5 Å². The van der Waals surface area contributed by atoms with Crippen molar-refractivity contribution < 1.29 is 35.9 Å². The van der Waals surface area contributed by atoms with Gasteiger partial charge in [-0.2, -0.15) is 13.2 Å². The summed E-state index contributed by atoms with van der Waals surface area (Å²) in [6.45, 7) is 1.41. The number of alkyl halides is 3. The predicted octanol–water partition coefficient (Wildman–Crippen LogP) is 4.59. The summed E-state index contributed by atoms with van der Waals surface area (Å²) in [7, 11) is 0. The standard InChI is InChI=1S/C19H14F6N2O2/c1-9-7-11(10-5-6-12(14(21)8-10)19(23,24)25)17(27(9)29)18(28)26-15-4-2-3-13(20)16(15)22/h2-6,8,11,17H,7H2,1H3,(H,26,28)/t11-,17+/m1/s1. The lowest BCUT2D eigenvalue weighted by molar-refractivity contribution is -0.479. The van der Waals surface area contributed by atoms with Crippen molar-refractivity contribution in [1.82, 2.24) is 0 Å². The van der Waals surface area contributed by atoms with E-state index >= 15 is 0 Å². The van der Waals surface area contributed by atoms with Gasteiger partial charge in [0.15, 0.2) is 17.3 Å². The van der Waals surface area contributed by atoms with E-state index in [-0.39, 0.29) is 17.7 Å². The average Bonchev–Trinajstić information content (AvgIpc) is 2.93. The highest BCUT2D eigenvalue weighted by Crippen LogP contribution is 2.36. The first-order valence-electron chi connectivity index (χ1n) is 8.41. The van der Waals surface area contributed by atoms with Crippen LogP contribution in [0.3, 0.4) is 0 Å². The molecule has 1 heterocycles. The molecule has 0 saturated heterocycles. The van der Waals surface area contributed by atoms with Gasteiger partial charge in [0.1, 0.15) is 5.82 Å². The molecule has 3 rings (SSSR count). The number of carbonyl (C=O) groups excluding carboxylic acids is 1. The van der Waals surface area contributed by atoms with Gasteiger partial charge in [-0.15, -0.1) is 0 Å². The largest absolute Gasteiger partial charge is 0.623 e. The van der Waals surface area contributed by atoms with Crippen molar-refractivity contribution in [3.05, 3.63) is 70.2 Å². The van der Waals surface area contributed by atoms with Crippen LogP contribution in [-0.4, -0.2) is 22.4 Å². The van der Waals surface area contributed by atoms with Gasteiger partial charge >= 0.3 is 6.18 Å². The smallest absolute Gasteiger partial charge is 0.419 e. The average molecular weight is 416 g/mol. The topological polar surface area (TPSA) is 55.2 Å². The first-order valence-corrected chi connectivity index (χ1v) is 8.41. The number of hydrogen-bond donors (Lipinski definition) is 1. The van der Waals surface area contributed by atoms with E-state index in [2.05, 4.69) is 5.32 Å². The van der Waals surface area contributed by atoms with Crippen LogP contribution >= 0.6 is 0 Å². The molecule has 0 bridgehead atoms. The molecule has 0 unspecified atom stereocenters. The number of nitrogens with one attached hydrogen (secondary N) is 1. The lowest BCUT2D eigenvalue weighted by Gasteiger charge is -2.19. The summed E-state index contributed by atoms with van der Waals surface area (Å²) in [6, 6.07) is 3.74. The third-order valence-electron chi connectivity index (χ3n) is 4.73. The molecule has 2 atom stereocenters. The molecule has 10 heteroatoms. The van der Waals surface area contributed by atoms with Crippen LogP contribution in [0.25, 0.3) is 0 Å². The molecule has 29 heavy (non-hydrogen) atoms. The molecule has 2 aromatic carbocycles. The Labute approximate surface area is 161 Å². The van der Waals surface area contributed by atoms with Crippen LogP contribution in [0.1, 0.15) is 30.4 Å². The van der Waals surface area contributed by atoms with Gasteiger partial charge in [0.2, 0.25) is 6.04 Å². The number of benzene rings is 2. The fourth-order valence-electron chi connectivity index (χ4n) is 3.31. The number of carbonyl (C=O) groups is 1. The molecular formula is C19H14F6N2O2. The Morgan fingerprint density at radius 3 is 2.45 bits per heavy atom. The summed E-state index contributed by atoms with van der Waals surface area (Å²) in [5.41, 5.74) is -1.77. The maximum atomic E-state index is 14.0. The summed E-state index contributed by atoms with van der Waals surface area (Å²) >= 11 is 0. The lowest BCUT2D eigenvalue weighted by atomic mass is 9.89. The highest BCUT2D eigenvalue weighted by molar-refractivity contribution is 5.97. The summed E-state index contributed by atoms with van der Waals surface area (Å²) in [4.78, 5) is 12.6. The summed E-state index contributed by atoms with van der Waals surface area (Å²) in [6.07, 6.45) is -4.91. The Bertz CT molecular complexity index is 1000. The first-order chi connectivity index (χ1) is 13.5. The van der Waals surface area contributed by atoms with Gasteiger partial charge in [-0.25, -0.2) is 17.9 Å². The minimum absolute atomic E-state index is 0.00747. The number of amides is 1. The minimum atomic E-state index is -4.89. The molecule has 154 valence electrons. The molecule has 0 radical (unpaired) electrons. The summed E-state index contributed by atoms with van der Waals surface area (Å²) < 4.78 is 79.7. The van der Waals surface area contributed by atoms with E-state index in [9.17, 15) is 36.3 Å². The van der Waals surface area contributed by atoms with Crippen molar-refractivity contribution in [2.75, 3.05) is 5.32 Å². The monoisotopic (exact) mass is 416 g/mol. The molecule has 1 amide bonds. The maximum absolute atomic E-state index is 14.0. The van der Waals surface area contributed by atoms with E-state index in [1.54, 1.807) is 0 Å². The number of halogens is 6. The third-order valence-corrected chi connectivity index (χ3v) is 4.73. The van der Waals surface area contributed by atoms with Crippen LogP contribution in [0.5, 0.6) is 0 Å². The molecule has 1 aliphatic rings. The Morgan fingerprint density at radius 1 is 1.14 bits per heavy atom. The van der Waals surface area contributed by atoms with Crippen LogP contribution in [0, 0.1) is 22.7 Å². The van der Waals surface area contributed by atoms with E-state index in [0.717, 1.165) is 24.3 Å². The van der Waals surface area contributed by atoms with Crippen LogP contribution in [0.2, 0.25) is 0 Å². The van der Waals surface area contributed by atoms with Gasteiger partial charge in [0.05, 0.1) is 17.2 Å². The van der Waals surface area contributed by atoms with E-state index in [4.69, 9.17) is 0 Å². The Morgan fingerprint density at radius 2 is 1.83 bits per heavy atom. The predicted molar refractivity (Wildman–Crippen MR) is 91.8 cm³/mol. The Hall–Kier alpha value is -3.04. The van der Waals surface area contributed by atoms with Gasteiger partial charge < -0.3 is 10.5 Å². The number of hydroxylamine groups is 1. The second kappa shape index (κ2) is 7.41. The molecule has 0 aliphatic carbocycles. The molecular weight excluding hydrogens is 402 g/mol. The van der Waals surface area contributed by atoms with Crippen LogP contribution in [-0.2, 0) is 11.0 Å².